The molecular formula is C26H32N2O6. The Bertz CT molecular complexity index is 972. The highest BCUT2D eigenvalue weighted by Gasteiger charge is 2.37. The second kappa shape index (κ2) is 11.7. The molecule has 0 aliphatic heterocycles. The number of carboxylic acids is 1. The fourth-order valence-corrected chi connectivity index (χ4v) is 4.30. The normalized spacial score (nSPS) is 12.5. The molecule has 1 aliphatic rings. The first kappa shape index (κ1) is 25.2. The van der Waals surface area contributed by atoms with Gasteiger partial charge < -0.3 is 25.2 Å². The molecule has 2 amide bonds. The zero-order valence-electron chi connectivity index (χ0n) is 19.6. The van der Waals surface area contributed by atoms with Gasteiger partial charge in [-0.15, -0.1) is 0 Å². The van der Waals surface area contributed by atoms with Crippen molar-refractivity contribution in [2.75, 3.05) is 26.4 Å². The van der Waals surface area contributed by atoms with Crippen LogP contribution in [0.4, 0.5) is 4.79 Å². The zero-order valence-corrected chi connectivity index (χ0v) is 19.6. The maximum atomic E-state index is 12.9. The largest absolute Gasteiger partial charge is 0.481 e. The number of nitrogens with one attached hydrogen (secondary N) is 2. The molecule has 0 fully saturated rings. The van der Waals surface area contributed by atoms with Crippen molar-refractivity contribution in [1.29, 1.82) is 0 Å². The third-order valence-electron chi connectivity index (χ3n) is 6.32. The first-order valence-electron chi connectivity index (χ1n) is 11.6. The van der Waals surface area contributed by atoms with Gasteiger partial charge in [0.05, 0.1) is 19.6 Å². The fourth-order valence-electron chi connectivity index (χ4n) is 4.30. The van der Waals surface area contributed by atoms with Crippen molar-refractivity contribution in [1.82, 2.24) is 10.6 Å². The van der Waals surface area contributed by atoms with E-state index >= 15 is 0 Å². The minimum absolute atomic E-state index is 0.0624. The third kappa shape index (κ3) is 5.75. The Morgan fingerprint density at radius 2 is 1.53 bits per heavy atom. The minimum atomic E-state index is -1.11. The van der Waals surface area contributed by atoms with Gasteiger partial charge in [0, 0.05) is 12.5 Å². The van der Waals surface area contributed by atoms with Crippen molar-refractivity contribution in [3.05, 3.63) is 59.7 Å². The molecule has 0 saturated heterocycles. The van der Waals surface area contributed by atoms with E-state index in [1.54, 1.807) is 0 Å². The molecule has 3 N–H and O–H groups in total. The lowest BCUT2D eigenvalue weighted by atomic mass is 9.92. The third-order valence-corrected chi connectivity index (χ3v) is 6.32. The number of fused-ring (bicyclic) bond motifs is 3. The number of aliphatic carboxylic acids is 1. The Morgan fingerprint density at radius 1 is 0.941 bits per heavy atom. The number of alkyl carbamates (subject to hydrolysis) is 1. The van der Waals surface area contributed by atoms with Gasteiger partial charge in [-0.05, 0) is 35.1 Å². The number of carboxylic acid groups (broad SMARTS) is 1. The summed E-state index contributed by atoms with van der Waals surface area (Å²) in [6, 6.07) is 16.2. The predicted molar refractivity (Wildman–Crippen MR) is 128 cm³/mol. The summed E-state index contributed by atoms with van der Waals surface area (Å²) in [5.41, 5.74) is 3.43. The van der Waals surface area contributed by atoms with Crippen molar-refractivity contribution >= 4 is 18.0 Å². The number of hydrogen-bond acceptors (Lipinski definition) is 5. The topological polar surface area (TPSA) is 114 Å². The van der Waals surface area contributed by atoms with Crippen LogP contribution in [0.25, 0.3) is 11.1 Å². The maximum Gasteiger partial charge on any atom is 0.408 e. The first-order valence-corrected chi connectivity index (χ1v) is 11.6. The van der Waals surface area contributed by atoms with Crippen molar-refractivity contribution in [3.8, 4) is 11.1 Å². The van der Waals surface area contributed by atoms with Crippen molar-refractivity contribution in [2.45, 2.75) is 44.6 Å². The SMILES string of the molecule is CCC(CC)(NC(=O)OCC1c2ccccc2-c2ccccc21)C(=O)NCCOCCC(=O)O. The van der Waals surface area contributed by atoms with Crippen LogP contribution in [0.15, 0.2) is 48.5 Å². The molecule has 0 bridgehead atoms. The Morgan fingerprint density at radius 3 is 2.09 bits per heavy atom. The van der Waals surface area contributed by atoms with Crippen LogP contribution in [0.5, 0.6) is 0 Å². The van der Waals surface area contributed by atoms with Gasteiger partial charge in [0.1, 0.15) is 12.1 Å². The second-order valence-corrected chi connectivity index (χ2v) is 8.25. The van der Waals surface area contributed by atoms with Gasteiger partial charge in [0.25, 0.3) is 0 Å². The molecule has 0 unspecified atom stereocenters. The zero-order chi connectivity index (χ0) is 24.6. The Balaban J connectivity index is 1.57. The van der Waals surface area contributed by atoms with Crippen LogP contribution >= 0.6 is 0 Å². The van der Waals surface area contributed by atoms with Gasteiger partial charge in [-0.1, -0.05) is 62.4 Å². The predicted octanol–water partition coefficient (Wildman–Crippen LogP) is 3.69. The van der Waals surface area contributed by atoms with Crippen LogP contribution in [0.1, 0.15) is 50.2 Å². The molecular weight excluding hydrogens is 436 g/mol. The fraction of sp³-hybridized carbons (Fsp3) is 0.423. The first-order chi connectivity index (χ1) is 16.4. The molecule has 0 aromatic heterocycles. The van der Waals surface area contributed by atoms with Crippen LogP contribution in [0.2, 0.25) is 0 Å². The number of ether oxygens (including phenoxy) is 2. The molecule has 2 aromatic rings. The van der Waals surface area contributed by atoms with E-state index in [0.29, 0.717) is 12.8 Å². The van der Waals surface area contributed by atoms with Gasteiger partial charge in [0.15, 0.2) is 0 Å². The molecule has 0 saturated carbocycles. The van der Waals surface area contributed by atoms with Crippen LogP contribution in [-0.2, 0) is 19.1 Å². The van der Waals surface area contributed by atoms with E-state index in [2.05, 4.69) is 34.9 Å². The van der Waals surface area contributed by atoms with Crippen LogP contribution in [-0.4, -0.2) is 55.0 Å². The van der Waals surface area contributed by atoms with E-state index in [1.165, 1.54) is 0 Å². The van der Waals surface area contributed by atoms with Crippen molar-refractivity contribution < 1.29 is 29.0 Å². The highest BCUT2D eigenvalue weighted by atomic mass is 16.5. The van der Waals surface area contributed by atoms with Crippen molar-refractivity contribution in [3.63, 3.8) is 0 Å². The number of benzene rings is 2. The Hall–Kier alpha value is -3.39. The Kier molecular flexibility index (Phi) is 8.65. The van der Waals surface area contributed by atoms with Gasteiger partial charge in [-0.2, -0.15) is 0 Å². The van der Waals surface area contributed by atoms with E-state index in [4.69, 9.17) is 14.6 Å². The van der Waals surface area contributed by atoms with E-state index in [9.17, 15) is 14.4 Å². The summed E-state index contributed by atoms with van der Waals surface area (Å²) in [6.45, 7) is 4.31. The second-order valence-electron chi connectivity index (χ2n) is 8.25. The van der Waals surface area contributed by atoms with E-state index < -0.39 is 17.6 Å². The van der Waals surface area contributed by atoms with Gasteiger partial charge >= 0.3 is 12.1 Å². The number of carbonyl (C=O) groups excluding carboxylic acids is 2. The quantitative estimate of drug-likeness (QED) is 0.410. The number of hydrogen-bond donors (Lipinski definition) is 3. The minimum Gasteiger partial charge on any atom is -0.481 e. The molecule has 8 nitrogen and oxygen atoms in total. The molecule has 1 aliphatic carbocycles. The standard InChI is InChI=1S/C26H32N2O6/c1-3-26(4-2,24(31)27-14-16-33-15-13-23(29)30)28-25(32)34-17-22-20-11-7-5-9-18(20)19-10-6-8-12-21(19)22/h5-12,22H,3-4,13-17H2,1-2H3,(H,27,31)(H,28,32)(H,29,30). The van der Waals surface area contributed by atoms with E-state index in [0.717, 1.165) is 22.3 Å². The summed E-state index contributed by atoms with van der Waals surface area (Å²) < 4.78 is 10.8. The Labute approximate surface area is 199 Å². The molecule has 0 spiro atoms. The summed E-state index contributed by atoms with van der Waals surface area (Å²) in [4.78, 5) is 36.1. The molecule has 0 atom stereocenters. The maximum absolute atomic E-state index is 12.9. The van der Waals surface area contributed by atoms with Crippen LogP contribution < -0.4 is 10.6 Å². The van der Waals surface area contributed by atoms with Gasteiger partial charge in [-0.3, -0.25) is 9.59 Å². The molecule has 8 heteroatoms. The lowest BCUT2D eigenvalue weighted by Crippen LogP contribution is -2.58. The number of amides is 2. The lowest BCUT2D eigenvalue weighted by molar-refractivity contribution is -0.138. The van der Waals surface area contributed by atoms with Crippen LogP contribution in [0, 0.1) is 0 Å². The number of carbonyl (C=O) groups is 3. The average Bonchev–Trinajstić information content (AvgIpc) is 3.17. The lowest BCUT2D eigenvalue weighted by Gasteiger charge is -2.31. The van der Waals surface area contributed by atoms with Gasteiger partial charge in [-0.25, -0.2) is 4.79 Å². The summed E-state index contributed by atoms with van der Waals surface area (Å²) >= 11 is 0. The monoisotopic (exact) mass is 468 g/mol. The number of rotatable bonds is 12. The molecule has 3 rings (SSSR count). The van der Waals surface area contributed by atoms with E-state index in [-0.39, 0.29) is 44.6 Å². The summed E-state index contributed by atoms with van der Waals surface area (Å²) in [6.07, 6.45) is 0.0441. The summed E-state index contributed by atoms with van der Waals surface area (Å²) in [5, 5.41) is 14.2. The van der Waals surface area contributed by atoms with Crippen LogP contribution in [0.3, 0.4) is 0 Å². The molecule has 2 aromatic carbocycles. The average molecular weight is 469 g/mol. The summed E-state index contributed by atoms with van der Waals surface area (Å²) in [5.74, 6) is -1.33. The molecule has 34 heavy (non-hydrogen) atoms. The summed E-state index contributed by atoms with van der Waals surface area (Å²) in [7, 11) is 0. The van der Waals surface area contributed by atoms with E-state index in [1.807, 2.05) is 38.1 Å². The van der Waals surface area contributed by atoms with Gasteiger partial charge in [0.2, 0.25) is 5.91 Å². The molecule has 0 heterocycles. The molecule has 0 radical (unpaired) electrons. The highest BCUT2D eigenvalue weighted by molar-refractivity contribution is 5.90. The highest BCUT2D eigenvalue weighted by Crippen LogP contribution is 2.44. The van der Waals surface area contributed by atoms with Crippen molar-refractivity contribution in [2.24, 2.45) is 0 Å². The molecule has 182 valence electrons. The smallest absolute Gasteiger partial charge is 0.408 e.